The van der Waals surface area contributed by atoms with Crippen molar-refractivity contribution in [2.75, 3.05) is 33.4 Å². The van der Waals surface area contributed by atoms with E-state index in [2.05, 4.69) is 17.0 Å². The Kier molecular flexibility index (Phi) is 9.95. The van der Waals surface area contributed by atoms with Crippen molar-refractivity contribution in [3.05, 3.63) is 64.7 Å². The Morgan fingerprint density at radius 2 is 1.79 bits per heavy atom. The number of hydrogen-bond acceptors (Lipinski definition) is 6. The van der Waals surface area contributed by atoms with Gasteiger partial charge in [0.05, 0.1) is 25.9 Å². The number of carbonyl (C=O) groups excluding carboxylic acids is 2. The maximum absolute atomic E-state index is 12.2. The highest BCUT2D eigenvalue weighted by Crippen LogP contribution is 2.37. The molecule has 184 valence electrons. The lowest BCUT2D eigenvalue weighted by molar-refractivity contribution is -0.143. The van der Waals surface area contributed by atoms with E-state index in [0.717, 1.165) is 50.9 Å². The average molecular weight is 468 g/mol. The molecule has 0 heterocycles. The zero-order chi connectivity index (χ0) is 24.3. The lowest BCUT2D eigenvalue weighted by Crippen LogP contribution is -2.31. The molecule has 0 aromatic heterocycles. The van der Waals surface area contributed by atoms with E-state index >= 15 is 0 Å². The summed E-state index contributed by atoms with van der Waals surface area (Å²) in [6.45, 7) is 6.25. The van der Waals surface area contributed by atoms with E-state index in [1.807, 2.05) is 44.2 Å². The summed E-state index contributed by atoms with van der Waals surface area (Å²) < 4.78 is 15.8. The number of hydrogen-bond donors (Lipinski definition) is 0. The molecule has 0 radical (unpaired) electrons. The number of benzene rings is 2. The Morgan fingerprint density at radius 3 is 2.56 bits per heavy atom. The molecule has 0 bridgehead atoms. The highest BCUT2D eigenvalue weighted by Gasteiger charge is 2.28. The van der Waals surface area contributed by atoms with Crippen LogP contribution < -0.4 is 4.74 Å². The minimum atomic E-state index is -0.263. The molecule has 0 N–H and O–H groups in total. The van der Waals surface area contributed by atoms with E-state index in [-0.39, 0.29) is 11.9 Å². The van der Waals surface area contributed by atoms with Crippen LogP contribution in [0.5, 0.6) is 5.75 Å². The van der Waals surface area contributed by atoms with Gasteiger partial charge in [0.2, 0.25) is 0 Å². The smallest absolute Gasteiger partial charge is 0.338 e. The van der Waals surface area contributed by atoms with Crippen LogP contribution in [0.2, 0.25) is 0 Å². The Hall–Kier alpha value is -2.86. The number of unbranched alkanes of at least 4 members (excludes halogenated alkanes) is 1. The van der Waals surface area contributed by atoms with Gasteiger partial charge in [0.25, 0.3) is 0 Å². The van der Waals surface area contributed by atoms with Crippen LogP contribution in [0.1, 0.15) is 72.6 Å². The molecular weight excluding hydrogens is 430 g/mol. The SMILES string of the molecule is CCOC(=O)CCCCN(CCc1ccccc1OC)C1CCc2cc(C(=O)OCC)ccc21. The van der Waals surface area contributed by atoms with E-state index < -0.39 is 0 Å². The Balaban J connectivity index is 1.71. The number of methoxy groups -OCH3 is 1. The van der Waals surface area contributed by atoms with Crippen molar-refractivity contribution in [1.82, 2.24) is 4.90 Å². The second-order valence-electron chi connectivity index (χ2n) is 8.55. The van der Waals surface area contributed by atoms with Gasteiger partial charge in [0, 0.05) is 19.0 Å². The summed E-state index contributed by atoms with van der Waals surface area (Å²) in [6, 6.07) is 14.4. The predicted octanol–water partition coefficient (Wildman–Crippen LogP) is 5.14. The van der Waals surface area contributed by atoms with Crippen molar-refractivity contribution >= 4 is 11.9 Å². The number of fused-ring (bicyclic) bond motifs is 1. The number of ether oxygens (including phenoxy) is 3. The molecule has 1 atom stereocenters. The summed E-state index contributed by atoms with van der Waals surface area (Å²) in [5.41, 5.74) is 4.33. The minimum Gasteiger partial charge on any atom is -0.496 e. The van der Waals surface area contributed by atoms with Crippen LogP contribution in [0.15, 0.2) is 42.5 Å². The first-order valence-corrected chi connectivity index (χ1v) is 12.4. The minimum absolute atomic E-state index is 0.124. The fraction of sp³-hybridized carbons (Fsp3) is 0.500. The van der Waals surface area contributed by atoms with Gasteiger partial charge in [-0.2, -0.15) is 0 Å². The van der Waals surface area contributed by atoms with Crippen molar-refractivity contribution in [1.29, 1.82) is 0 Å². The van der Waals surface area contributed by atoms with Gasteiger partial charge < -0.3 is 14.2 Å². The first-order valence-electron chi connectivity index (χ1n) is 12.4. The van der Waals surface area contributed by atoms with Crippen LogP contribution in [0.3, 0.4) is 0 Å². The van der Waals surface area contributed by atoms with Crippen molar-refractivity contribution in [3.63, 3.8) is 0 Å². The summed E-state index contributed by atoms with van der Waals surface area (Å²) in [6.07, 6.45) is 5.04. The lowest BCUT2D eigenvalue weighted by Gasteiger charge is -2.30. The first-order chi connectivity index (χ1) is 16.6. The monoisotopic (exact) mass is 467 g/mol. The zero-order valence-corrected chi connectivity index (χ0v) is 20.7. The highest BCUT2D eigenvalue weighted by molar-refractivity contribution is 5.89. The molecule has 0 spiro atoms. The molecule has 1 unspecified atom stereocenters. The van der Waals surface area contributed by atoms with Crippen LogP contribution in [0.25, 0.3) is 0 Å². The van der Waals surface area contributed by atoms with Gasteiger partial charge in [-0.15, -0.1) is 0 Å². The van der Waals surface area contributed by atoms with Crippen LogP contribution >= 0.6 is 0 Å². The number of nitrogens with zero attached hydrogens (tertiary/aromatic N) is 1. The number of rotatable bonds is 13. The summed E-state index contributed by atoms with van der Waals surface area (Å²) >= 11 is 0. The second kappa shape index (κ2) is 13.1. The summed E-state index contributed by atoms with van der Waals surface area (Å²) in [5.74, 6) is 0.525. The summed E-state index contributed by atoms with van der Waals surface area (Å²) in [5, 5.41) is 0. The zero-order valence-electron chi connectivity index (χ0n) is 20.7. The van der Waals surface area contributed by atoms with E-state index in [4.69, 9.17) is 14.2 Å². The second-order valence-corrected chi connectivity index (χ2v) is 8.55. The highest BCUT2D eigenvalue weighted by atomic mass is 16.5. The number of para-hydroxylation sites is 1. The van der Waals surface area contributed by atoms with E-state index in [0.29, 0.717) is 31.2 Å². The van der Waals surface area contributed by atoms with Gasteiger partial charge in [0.1, 0.15) is 5.75 Å². The standard InChI is InChI=1S/C28H37NO5/c1-4-33-27(30)12-8-9-18-29(19-17-21-10-6-7-11-26(21)32-3)25-16-14-22-20-23(13-15-24(22)25)28(31)34-5-2/h6-7,10-11,13,15,20,25H,4-5,8-9,12,14,16-19H2,1-3H3. The Morgan fingerprint density at radius 1 is 1.00 bits per heavy atom. The lowest BCUT2D eigenvalue weighted by atomic mass is 10.0. The molecule has 1 aliphatic rings. The number of esters is 2. The van der Waals surface area contributed by atoms with Crippen LogP contribution in [0.4, 0.5) is 0 Å². The molecule has 2 aromatic carbocycles. The van der Waals surface area contributed by atoms with Gasteiger partial charge in [0.15, 0.2) is 0 Å². The molecule has 6 nitrogen and oxygen atoms in total. The van der Waals surface area contributed by atoms with Crippen molar-refractivity contribution in [2.45, 2.75) is 58.4 Å². The van der Waals surface area contributed by atoms with Gasteiger partial charge in [-0.05, 0) is 87.4 Å². The maximum Gasteiger partial charge on any atom is 0.338 e. The Bertz CT molecular complexity index is 958. The molecule has 0 fully saturated rings. The van der Waals surface area contributed by atoms with Crippen LogP contribution in [-0.2, 0) is 27.1 Å². The molecule has 6 heteroatoms. The molecule has 0 saturated heterocycles. The van der Waals surface area contributed by atoms with E-state index in [1.54, 1.807) is 7.11 Å². The van der Waals surface area contributed by atoms with Crippen molar-refractivity contribution in [3.8, 4) is 5.75 Å². The fourth-order valence-electron chi connectivity index (χ4n) is 4.73. The third-order valence-electron chi connectivity index (χ3n) is 6.38. The normalized spacial score (nSPS) is 14.6. The fourth-order valence-corrected chi connectivity index (χ4v) is 4.73. The summed E-state index contributed by atoms with van der Waals surface area (Å²) in [4.78, 5) is 26.4. The quantitative estimate of drug-likeness (QED) is 0.300. The largest absolute Gasteiger partial charge is 0.496 e. The van der Waals surface area contributed by atoms with Gasteiger partial charge in [-0.3, -0.25) is 9.69 Å². The molecule has 3 rings (SSSR count). The molecule has 2 aromatic rings. The van der Waals surface area contributed by atoms with Gasteiger partial charge in [-0.25, -0.2) is 4.79 Å². The summed E-state index contributed by atoms with van der Waals surface area (Å²) in [7, 11) is 1.71. The number of carbonyl (C=O) groups is 2. The van der Waals surface area contributed by atoms with E-state index in [1.165, 1.54) is 16.7 Å². The first kappa shape index (κ1) is 25.8. The molecule has 0 aliphatic heterocycles. The molecule has 34 heavy (non-hydrogen) atoms. The third-order valence-corrected chi connectivity index (χ3v) is 6.38. The number of aryl methyl sites for hydroxylation is 1. The molecule has 0 saturated carbocycles. The topological polar surface area (TPSA) is 65.1 Å². The van der Waals surface area contributed by atoms with Crippen molar-refractivity contribution in [2.24, 2.45) is 0 Å². The maximum atomic E-state index is 12.2. The van der Waals surface area contributed by atoms with Crippen LogP contribution in [0, 0.1) is 0 Å². The van der Waals surface area contributed by atoms with Crippen LogP contribution in [-0.4, -0.2) is 50.3 Å². The van der Waals surface area contributed by atoms with Gasteiger partial charge in [-0.1, -0.05) is 24.3 Å². The molecule has 0 amide bonds. The Labute approximate surface area is 203 Å². The van der Waals surface area contributed by atoms with E-state index in [9.17, 15) is 9.59 Å². The average Bonchev–Trinajstić information content (AvgIpc) is 3.27. The van der Waals surface area contributed by atoms with Crippen molar-refractivity contribution < 1.29 is 23.8 Å². The van der Waals surface area contributed by atoms with Gasteiger partial charge >= 0.3 is 11.9 Å². The molecular formula is C28H37NO5. The third kappa shape index (κ3) is 6.83. The molecule has 1 aliphatic carbocycles. The predicted molar refractivity (Wildman–Crippen MR) is 132 cm³/mol.